The van der Waals surface area contributed by atoms with E-state index >= 15 is 0 Å². The fourth-order valence-corrected chi connectivity index (χ4v) is 5.37. The summed E-state index contributed by atoms with van der Waals surface area (Å²) in [6.07, 6.45) is 1.72. The first-order chi connectivity index (χ1) is 16.4. The van der Waals surface area contributed by atoms with E-state index in [1.54, 1.807) is 60.3 Å². The molecule has 2 heterocycles. The van der Waals surface area contributed by atoms with Crippen molar-refractivity contribution in [2.45, 2.75) is 4.21 Å². The lowest BCUT2D eigenvalue weighted by Crippen LogP contribution is -2.30. The molecule has 0 aliphatic heterocycles. The van der Waals surface area contributed by atoms with Crippen LogP contribution in [0, 0.1) is 0 Å². The Balaban J connectivity index is 1.45. The molecule has 1 atom stereocenters. The summed E-state index contributed by atoms with van der Waals surface area (Å²) in [5, 5.41) is 7.30. The molecule has 0 fully saturated rings. The molecule has 8 nitrogen and oxygen atoms in total. The maximum absolute atomic E-state index is 13.0. The number of anilines is 2. The molecule has 0 saturated heterocycles. The Morgan fingerprint density at radius 2 is 1.85 bits per heavy atom. The highest BCUT2D eigenvalue weighted by Gasteiger charge is 2.12. The smallest absolute Gasteiger partial charge is 0.331 e. The van der Waals surface area contributed by atoms with Gasteiger partial charge in [0.2, 0.25) is 0 Å². The third kappa shape index (κ3) is 5.65. The molecule has 2 aromatic heterocycles. The Morgan fingerprint density at radius 3 is 2.56 bits per heavy atom. The maximum atomic E-state index is 13.0. The van der Waals surface area contributed by atoms with Gasteiger partial charge < -0.3 is 15.4 Å². The summed E-state index contributed by atoms with van der Waals surface area (Å²) in [5.74, 6) is 0. The van der Waals surface area contributed by atoms with Gasteiger partial charge in [-0.05, 0) is 66.0 Å². The highest BCUT2D eigenvalue weighted by molar-refractivity contribution is 7.86. The average molecular weight is 517 g/mol. The number of benzene rings is 2. The summed E-state index contributed by atoms with van der Waals surface area (Å²) in [7, 11) is -0.0596. The van der Waals surface area contributed by atoms with Gasteiger partial charge >= 0.3 is 6.03 Å². The van der Waals surface area contributed by atoms with Crippen LogP contribution in [0.5, 0.6) is 0 Å². The van der Waals surface area contributed by atoms with Crippen LogP contribution in [0.25, 0.3) is 16.5 Å². The molecule has 3 N–H and O–H groups in total. The Bertz CT molecular complexity index is 1400. The van der Waals surface area contributed by atoms with Crippen LogP contribution in [0.2, 0.25) is 4.34 Å². The number of halogens is 1. The van der Waals surface area contributed by atoms with Crippen LogP contribution in [-0.2, 0) is 15.7 Å². The number of rotatable bonds is 8. The molecule has 2 amide bonds. The number of ether oxygens (including phenoxy) is 1. The van der Waals surface area contributed by atoms with Crippen LogP contribution in [0.15, 0.2) is 75.9 Å². The molecule has 0 bridgehead atoms. The highest BCUT2D eigenvalue weighted by atomic mass is 35.5. The third-order valence-electron chi connectivity index (χ3n) is 4.86. The van der Waals surface area contributed by atoms with Gasteiger partial charge in [0.05, 0.1) is 10.9 Å². The molecule has 4 rings (SSSR count). The van der Waals surface area contributed by atoms with Crippen molar-refractivity contribution in [1.82, 2.24) is 9.29 Å². The van der Waals surface area contributed by atoms with Crippen molar-refractivity contribution in [1.29, 1.82) is 0 Å². The summed E-state index contributed by atoms with van der Waals surface area (Å²) in [5.41, 5.74) is 1.91. The number of methoxy groups -OCH3 is 1. The van der Waals surface area contributed by atoms with Gasteiger partial charge in [0, 0.05) is 42.3 Å². The van der Waals surface area contributed by atoms with E-state index in [0.29, 0.717) is 38.5 Å². The SMILES string of the molecule is COCCNc1ccc2c(=O)n(-c3ccc(NC(=O)NS(=O)c4ccc(Cl)s4)cc3)ccc2c1. The minimum atomic E-state index is -1.71. The lowest BCUT2D eigenvalue weighted by Gasteiger charge is -2.11. The Kier molecular flexibility index (Phi) is 7.63. The molecule has 176 valence electrons. The summed E-state index contributed by atoms with van der Waals surface area (Å²) < 4.78 is 22.1. The minimum absolute atomic E-state index is 0.149. The van der Waals surface area contributed by atoms with Crippen LogP contribution in [0.3, 0.4) is 0 Å². The molecule has 1 unspecified atom stereocenters. The number of nitrogens with zero attached hydrogens (tertiary/aromatic N) is 1. The second-order valence-electron chi connectivity index (χ2n) is 7.14. The number of thiophene rings is 1. The van der Waals surface area contributed by atoms with E-state index in [9.17, 15) is 13.8 Å². The summed E-state index contributed by atoms with van der Waals surface area (Å²) in [6, 6.07) is 16.8. The fraction of sp³-hybridized carbons (Fsp3) is 0.130. The van der Waals surface area contributed by atoms with E-state index in [1.165, 1.54) is 0 Å². The molecule has 4 aromatic rings. The van der Waals surface area contributed by atoms with E-state index in [1.807, 2.05) is 18.2 Å². The van der Waals surface area contributed by atoms with Gasteiger partial charge in [-0.2, -0.15) is 0 Å². The summed E-state index contributed by atoms with van der Waals surface area (Å²) in [4.78, 5) is 25.2. The van der Waals surface area contributed by atoms with Gasteiger partial charge in [0.25, 0.3) is 5.56 Å². The monoisotopic (exact) mass is 516 g/mol. The number of carbonyl (C=O) groups is 1. The summed E-state index contributed by atoms with van der Waals surface area (Å²) >= 11 is 6.97. The molecule has 0 radical (unpaired) electrons. The van der Waals surface area contributed by atoms with Crippen LogP contribution >= 0.6 is 22.9 Å². The first-order valence-electron chi connectivity index (χ1n) is 10.2. The van der Waals surface area contributed by atoms with Crippen LogP contribution < -0.4 is 20.9 Å². The van der Waals surface area contributed by atoms with Gasteiger partial charge in [0.15, 0.2) is 11.0 Å². The van der Waals surface area contributed by atoms with Gasteiger partial charge in [-0.25, -0.2) is 9.00 Å². The van der Waals surface area contributed by atoms with Gasteiger partial charge in [0.1, 0.15) is 4.21 Å². The second kappa shape index (κ2) is 10.8. The normalized spacial score (nSPS) is 11.8. The molecule has 0 aliphatic carbocycles. The first kappa shape index (κ1) is 24.0. The standard InChI is InChI=1S/C23H21ClN4O4S2/c1-32-13-11-25-17-4-7-19-15(14-17)10-12-28(22(19)29)18-5-2-16(3-6-18)26-23(30)27-34(31)21-9-8-20(24)33-21/h2-10,12,14,25H,11,13H2,1H3,(H2,26,27,30). The van der Waals surface area contributed by atoms with E-state index < -0.39 is 17.0 Å². The number of fused-ring (bicyclic) bond motifs is 1. The number of carbonyl (C=O) groups excluding carboxylic acids is 1. The minimum Gasteiger partial charge on any atom is -0.383 e. The topological polar surface area (TPSA) is 101 Å². The van der Waals surface area contributed by atoms with Crippen LogP contribution in [0.1, 0.15) is 0 Å². The zero-order chi connectivity index (χ0) is 24.1. The number of aromatic nitrogens is 1. The molecule has 11 heteroatoms. The molecule has 0 saturated carbocycles. The highest BCUT2D eigenvalue weighted by Crippen LogP contribution is 2.23. The lowest BCUT2D eigenvalue weighted by molar-refractivity contribution is 0.211. The fourth-order valence-electron chi connectivity index (χ4n) is 3.25. The Labute approximate surface area is 207 Å². The van der Waals surface area contributed by atoms with Crippen molar-refractivity contribution >= 4 is 62.1 Å². The molecule has 34 heavy (non-hydrogen) atoms. The molecule has 0 spiro atoms. The van der Waals surface area contributed by atoms with E-state index in [4.69, 9.17) is 16.3 Å². The van der Waals surface area contributed by atoms with E-state index in [-0.39, 0.29) is 5.56 Å². The zero-order valence-corrected chi connectivity index (χ0v) is 20.4. The number of hydrogen-bond acceptors (Lipinski definition) is 6. The largest absolute Gasteiger partial charge is 0.383 e. The van der Waals surface area contributed by atoms with Gasteiger partial charge in [-0.3, -0.25) is 14.1 Å². The zero-order valence-electron chi connectivity index (χ0n) is 18.0. The number of nitrogens with one attached hydrogen (secondary N) is 3. The molecule has 0 aliphatic rings. The number of hydrogen-bond donors (Lipinski definition) is 3. The van der Waals surface area contributed by atoms with E-state index in [0.717, 1.165) is 22.4 Å². The quantitative estimate of drug-likeness (QED) is 0.297. The van der Waals surface area contributed by atoms with E-state index in [2.05, 4.69) is 15.4 Å². The van der Waals surface area contributed by atoms with Crippen LogP contribution in [0.4, 0.5) is 16.2 Å². The van der Waals surface area contributed by atoms with Gasteiger partial charge in [-0.15, -0.1) is 11.3 Å². The van der Waals surface area contributed by atoms with Crippen molar-refractivity contribution in [2.24, 2.45) is 0 Å². The maximum Gasteiger partial charge on any atom is 0.331 e. The van der Waals surface area contributed by atoms with Crippen molar-refractivity contribution in [2.75, 3.05) is 30.9 Å². The Morgan fingerprint density at radius 1 is 1.09 bits per heavy atom. The predicted octanol–water partition coefficient (Wildman–Crippen LogP) is 4.61. The summed E-state index contributed by atoms with van der Waals surface area (Å²) in [6.45, 7) is 1.27. The number of urea groups is 1. The van der Waals surface area contributed by atoms with Crippen molar-refractivity contribution in [3.63, 3.8) is 0 Å². The lowest BCUT2D eigenvalue weighted by atomic mass is 10.1. The molecular formula is C23H21ClN4O4S2. The Hall–Kier alpha value is -3.18. The van der Waals surface area contributed by atoms with Crippen LogP contribution in [-0.4, -0.2) is 35.1 Å². The number of amides is 2. The molecular weight excluding hydrogens is 496 g/mol. The third-order valence-corrected chi connectivity index (χ3v) is 7.46. The van der Waals surface area contributed by atoms with Crippen molar-refractivity contribution in [3.8, 4) is 5.69 Å². The van der Waals surface area contributed by atoms with Gasteiger partial charge in [-0.1, -0.05) is 11.6 Å². The van der Waals surface area contributed by atoms with Crippen molar-refractivity contribution < 1.29 is 13.7 Å². The average Bonchev–Trinajstić information content (AvgIpc) is 3.27. The number of pyridine rings is 1. The predicted molar refractivity (Wildman–Crippen MR) is 138 cm³/mol. The molecule has 2 aromatic carbocycles. The first-order valence-corrected chi connectivity index (χ1v) is 12.5. The second-order valence-corrected chi connectivity index (χ2v) is 10.3. The van der Waals surface area contributed by atoms with Crippen molar-refractivity contribution in [3.05, 3.63) is 81.6 Å².